The fraction of sp³-hybridized carbons (Fsp3) is 0.200. The number of anilines is 1. The van der Waals surface area contributed by atoms with Gasteiger partial charge in [-0.2, -0.15) is 0 Å². The number of nitrogens with one attached hydrogen (secondary N) is 1. The highest BCUT2D eigenvalue weighted by molar-refractivity contribution is 7.95. The Morgan fingerprint density at radius 2 is 1.94 bits per heavy atom. The van der Waals surface area contributed by atoms with E-state index < -0.39 is 33.2 Å². The summed E-state index contributed by atoms with van der Waals surface area (Å²) in [7, 11) is -4.12. The average molecular weight is 280 g/mol. The summed E-state index contributed by atoms with van der Waals surface area (Å²) in [6, 6.07) is 0.701. The van der Waals surface area contributed by atoms with Crippen LogP contribution in [-0.4, -0.2) is 15.0 Å². The maximum Gasteiger partial charge on any atom is 0.254 e. The highest BCUT2D eigenvalue weighted by atomic mass is 32.2. The van der Waals surface area contributed by atoms with Gasteiger partial charge in [0.1, 0.15) is 5.69 Å². The van der Waals surface area contributed by atoms with E-state index in [1.54, 1.807) is 4.72 Å². The summed E-state index contributed by atoms with van der Waals surface area (Å²) in [6.45, 7) is 2.96. The molecule has 0 atom stereocenters. The van der Waals surface area contributed by atoms with E-state index in [4.69, 9.17) is 5.73 Å². The fourth-order valence-electron chi connectivity index (χ4n) is 1.26. The third-order valence-corrected chi connectivity index (χ3v) is 3.04. The van der Waals surface area contributed by atoms with Gasteiger partial charge in [-0.1, -0.05) is 6.58 Å². The first-order chi connectivity index (χ1) is 8.32. The van der Waals surface area contributed by atoms with Crippen LogP contribution in [0.15, 0.2) is 18.1 Å². The molecule has 8 heteroatoms. The Morgan fingerprint density at radius 3 is 2.44 bits per heavy atom. The molecule has 0 aliphatic rings. The lowest BCUT2D eigenvalue weighted by atomic mass is 10.1. The number of rotatable bonds is 5. The minimum atomic E-state index is -4.12. The van der Waals surface area contributed by atoms with Crippen molar-refractivity contribution in [2.45, 2.75) is 6.42 Å². The SMILES string of the molecule is C=CS(=O)(=O)Nc1c(F)cc(CCN)c(F)c1F. The van der Waals surface area contributed by atoms with Gasteiger partial charge < -0.3 is 5.73 Å². The van der Waals surface area contributed by atoms with Crippen molar-refractivity contribution in [3.8, 4) is 0 Å². The van der Waals surface area contributed by atoms with Crippen LogP contribution in [0.3, 0.4) is 0 Å². The first-order valence-corrected chi connectivity index (χ1v) is 6.38. The highest BCUT2D eigenvalue weighted by Crippen LogP contribution is 2.25. The molecule has 0 aliphatic carbocycles. The summed E-state index contributed by atoms with van der Waals surface area (Å²) in [5, 5.41) is 0.456. The maximum absolute atomic E-state index is 13.5. The monoisotopic (exact) mass is 280 g/mol. The predicted molar refractivity (Wildman–Crippen MR) is 61.8 cm³/mol. The van der Waals surface area contributed by atoms with Gasteiger partial charge in [0.05, 0.1) is 0 Å². The van der Waals surface area contributed by atoms with Gasteiger partial charge in [0.15, 0.2) is 17.5 Å². The molecular formula is C10H11F3N2O2S. The van der Waals surface area contributed by atoms with E-state index in [9.17, 15) is 21.6 Å². The Labute approximate surface area is 102 Å². The summed E-state index contributed by atoms with van der Waals surface area (Å²) in [4.78, 5) is 0. The Hall–Kier alpha value is -1.54. The number of sulfonamides is 1. The van der Waals surface area contributed by atoms with Crippen LogP contribution in [0.4, 0.5) is 18.9 Å². The molecule has 4 nitrogen and oxygen atoms in total. The minimum absolute atomic E-state index is 0.00747. The van der Waals surface area contributed by atoms with Crippen LogP contribution in [0, 0.1) is 17.5 Å². The Kier molecular flexibility index (Phi) is 4.36. The largest absolute Gasteiger partial charge is 0.330 e. The quantitative estimate of drug-likeness (QED) is 0.803. The highest BCUT2D eigenvalue weighted by Gasteiger charge is 2.21. The van der Waals surface area contributed by atoms with E-state index in [1.165, 1.54) is 0 Å². The van der Waals surface area contributed by atoms with Gasteiger partial charge >= 0.3 is 0 Å². The second-order valence-electron chi connectivity index (χ2n) is 3.37. The van der Waals surface area contributed by atoms with Crippen molar-refractivity contribution in [1.29, 1.82) is 0 Å². The van der Waals surface area contributed by atoms with Crippen LogP contribution in [0.5, 0.6) is 0 Å². The smallest absolute Gasteiger partial charge is 0.254 e. The number of nitrogens with two attached hydrogens (primary N) is 1. The van der Waals surface area contributed by atoms with Gasteiger partial charge in [0.2, 0.25) is 0 Å². The van der Waals surface area contributed by atoms with Crippen molar-refractivity contribution in [2.24, 2.45) is 5.73 Å². The third-order valence-electron chi connectivity index (χ3n) is 2.11. The van der Waals surface area contributed by atoms with Crippen LogP contribution in [-0.2, 0) is 16.4 Å². The maximum atomic E-state index is 13.5. The van der Waals surface area contributed by atoms with Gasteiger partial charge in [-0.15, -0.1) is 0 Å². The van der Waals surface area contributed by atoms with Gasteiger partial charge in [-0.25, -0.2) is 21.6 Å². The Bertz CT molecular complexity index is 573. The molecule has 0 fully saturated rings. The second-order valence-corrected chi connectivity index (χ2v) is 5.00. The van der Waals surface area contributed by atoms with E-state index >= 15 is 0 Å². The lowest BCUT2D eigenvalue weighted by Crippen LogP contribution is -2.14. The van der Waals surface area contributed by atoms with Crippen molar-refractivity contribution in [1.82, 2.24) is 0 Å². The molecule has 3 N–H and O–H groups in total. The molecule has 0 spiro atoms. The topological polar surface area (TPSA) is 72.2 Å². The Morgan fingerprint density at radius 1 is 1.33 bits per heavy atom. The molecule has 0 amide bonds. The number of hydrogen-bond acceptors (Lipinski definition) is 3. The molecule has 0 heterocycles. The van der Waals surface area contributed by atoms with Crippen LogP contribution in [0.2, 0.25) is 0 Å². The van der Waals surface area contributed by atoms with Crippen molar-refractivity contribution in [2.75, 3.05) is 11.3 Å². The van der Waals surface area contributed by atoms with E-state index in [1.807, 2.05) is 0 Å². The number of benzene rings is 1. The molecule has 1 aromatic carbocycles. The van der Waals surface area contributed by atoms with E-state index in [0.29, 0.717) is 11.5 Å². The summed E-state index contributed by atoms with van der Waals surface area (Å²) in [5.41, 5.74) is 3.82. The number of halogens is 3. The molecule has 1 rings (SSSR count). The standard InChI is InChI=1S/C10H11F3N2O2S/c1-2-18(16,17)15-10-7(11)5-6(3-4-14)8(12)9(10)13/h2,5,15H,1,3-4,14H2. The van der Waals surface area contributed by atoms with Crippen molar-refractivity contribution in [3.05, 3.63) is 41.1 Å². The molecule has 0 radical (unpaired) electrons. The molecule has 0 unspecified atom stereocenters. The van der Waals surface area contributed by atoms with Crippen LogP contribution >= 0.6 is 0 Å². The van der Waals surface area contributed by atoms with Crippen LogP contribution in [0.25, 0.3) is 0 Å². The van der Waals surface area contributed by atoms with Crippen molar-refractivity contribution < 1.29 is 21.6 Å². The zero-order valence-electron chi connectivity index (χ0n) is 9.21. The third kappa shape index (κ3) is 3.02. The Balaban J connectivity index is 3.31. The van der Waals surface area contributed by atoms with Gasteiger partial charge in [-0.05, 0) is 24.6 Å². The normalized spacial score (nSPS) is 11.3. The lowest BCUT2D eigenvalue weighted by Gasteiger charge is -2.10. The summed E-state index contributed by atoms with van der Waals surface area (Å²) >= 11 is 0. The summed E-state index contributed by atoms with van der Waals surface area (Å²) < 4.78 is 64.1. The number of hydrogen-bond donors (Lipinski definition) is 2. The molecule has 18 heavy (non-hydrogen) atoms. The first kappa shape index (κ1) is 14.5. The van der Waals surface area contributed by atoms with Crippen LogP contribution < -0.4 is 10.5 Å². The minimum Gasteiger partial charge on any atom is -0.330 e. The van der Waals surface area contributed by atoms with E-state index in [2.05, 4.69) is 6.58 Å². The zero-order valence-corrected chi connectivity index (χ0v) is 10.0. The second kappa shape index (κ2) is 5.40. The van der Waals surface area contributed by atoms with Gasteiger partial charge in [-0.3, -0.25) is 4.72 Å². The van der Waals surface area contributed by atoms with Crippen molar-refractivity contribution in [3.63, 3.8) is 0 Å². The molecule has 0 bridgehead atoms. The molecule has 0 aromatic heterocycles. The molecule has 1 aromatic rings. The molecule has 0 aliphatic heterocycles. The average Bonchev–Trinajstić information content (AvgIpc) is 2.32. The molecule has 100 valence electrons. The molecular weight excluding hydrogens is 269 g/mol. The summed E-state index contributed by atoms with van der Waals surface area (Å²) in [5.74, 6) is -4.16. The molecule has 0 saturated carbocycles. The van der Waals surface area contributed by atoms with Crippen LogP contribution in [0.1, 0.15) is 5.56 Å². The van der Waals surface area contributed by atoms with Crippen molar-refractivity contribution >= 4 is 15.7 Å². The van der Waals surface area contributed by atoms with Gasteiger partial charge in [0.25, 0.3) is 10.0 Å². The zero-order chi connectivity index (χ0) is 13.9. The lowest BCUT2D eigenvalue weighted by molar-refractivity contribution is 0.489. The van der Waals surface area contributed by atoms with E-state index in [0.717, 1.165) is 0 Å². The predicted octanol–water partition coefficient (Wildman–Crippen LogP) is 1.49. The fourth-order valence-corrected chi connectivity index (χ4v) is 1.81. The summed E-state index contributed by atoms with van der Waals surface area (Å²) in [6.07, 6.45) is -0.0613. The first-order valence-electron chi connectivity index (χ1n) is 4.84. The van der Waals surface area contributed by atoms with Gasteiger partial charge in [0, 0.05) is 5.41 Å². The molecule has 0 saturated heterocycles. The van der Waals surface area contributed by atoms with E-state index in [-0.39, 0.29) is 18.5 Å².